The fourth-order valence-corrected chi connectivity index (χ4v) is 4.05. The molecule has 6 heteroatoms. The minimum absolute atomic E-state index is 0.0912. The molecule has 0 aromatic heterocycles. The Morgan fingerprint density at radius 2 is 1.54 bits per heavy atom. The van der Waals surface area contributed by atoms with Crippen LogP contribution in [0.15, 0.2) is 24.3 Å². The number of hydrogen-bond acceptors (Lipinski definition) is 5. The van der Waals surface area contributed by atoms with E-state index in [1.165, 1.54) is 0 Å². The summed E-state index contributed by atoms with van der Waals surface area (Å²) in [6.07, 6.45) is -0.0912. The van der Waals surface area contributed by atoms with E-state index in [2.05, 4.69) is 28.7 Å². The van der Waals surface area contributed by atoms with Crippen LogP contribution in [0.1, 0.15) is 23.1 Å². The van der Waals surface area contributed by atoms with Gasteiger partial charge in [0.15, 0.2) is 11.5 Å². The summed E-state index contributed by atoms with van der Waals surface area (Å²) in [5.74, 6) is 3.94. The molecule has 4 rings (SSSR count). The van der Waals surface area contributed by atoms with Gasteiger partial charge in [-0.1, -0.05) is 0 Å². The zero-order chi connectivity index (χ0) is 16.8. The maximum atomic E-state index is 6.25. The Kier molecular flexibility index (Phi) is 3.86. The maximum absolute atomic E-state index is 6.25. The molecule has 0 aliphatic carbocycles. The van der Waals surface area contributed by atoms with E-state index in [-0.39, 0.29) is 12.0 Å². The van der Waals surface area contributed by atoms with E-state index in [1.54, 1.807) is 21.3 Å². The summed E-state index contributed by atoms with van der Waals surface area (Å²) in [6.45, 7) is 0.572. The van der Waals surface area contributed by atoms with E-state index < -0.39 is 0 Å². The van der Waals surface area contributed by atoms with Crippen molar-refractivity contribution in [1.82, 2.24) is 0 Å². The van der Waals surface area contributed by atoms with Crippen LogP contribution in [0, 0.1) is 3.57 Å². The van der Waals surface area contributed by atoms with Gasteiger partial charge in [0, 0.05) is 23.3 Å². The van der Waals surface area contributed by atoms with E-state index >= 15 is 0 Å². The molecule has 0 N–H and O–H groups in total. The summed E-state index contributed by atoms with van der Waals surface area (Å²) >= 11 is 2.28. The Morgan fingerprint density at radius 3 is 2.25 bits per heavy atom. The lowest BCUT2D eigenvalue weighted by Crippen LogP contribution is -2.23. The van der Waals surface area contributed by atoms with Crippen LogP contribution < -0.4 is 23.7 Å². The molecule has 5 nitrogen and oxygen atoms in total. The van der Waals surface area contributed by atoms with Crippen molar-refractivity contribution in [2.75, 3.05) is 27.9 Å². The van der Waals surface area contributed by atoms with Gasteiger partial charge in [0.2, 0.25) is 0 Å². The predicted octanol–water partition coefficient (Wildman–Crippen LogP) is 3.93. The number of ether oxygens (including phenoxy) is 5. The van der Waals surface area contributed by atoms with Gasteiger partial charge in [0.25, 0.3) is 0 Å². The van der Waals surface area contributed by atoms with Crippen LogP contribution >= 0.6 is 22.6 Å². The van der Waals surface area contributed by atoms with Crippen molar-refractivity contribution >= 4 is 22.6 Å². The first-order valence-corrected chi connectivity index (χ1v) is 8.67. The summed E-state index contributed by atoms with van der Waals surface area (Å²) in [6, 6.07) is 7.88. The highest BCUT2D eigenvalue weighted by Gasteiger charge is 2.42. The van der Waals surface area contributed by atoms with Crippen LogP contribution in [-0.4, -0.2) is 27.9 Å². The van der Waals surface area contributed by atoms with Crippen molar-refractivity contribution in [1.29, 1.82) is 0 Å². The summed E-state index contributed by atoms with van der Waals surface area (Å²) in [5.41, 5.74) is 2.14. The number of rotatable bonds is 3. The minimum atomic E-state index is -0.0912. The largest absolute Gasteiger partial charge is 0.496 e. The lowest BCUT2D eigenvalue weighted by Gasteiger charge is -2.28. The molecule has 0 spiro atoms. The molecule has 2 unspecified atom stereocenters. The molecule has 0 saturated carbocycles. The summed E-state index contributed by atoms with van der Waals surface area (Å²) in [4.78, 5) is 0. The first-order valence-electron chi connectivity index (χ1n) is 7.59. The molecule has 2 aromatic carbocycles. The number of methoxy groups -OCH3 is 3. The van der Waals surface area contributed by atoms with E-state index in [4.69, 9.17) is 23.7 Å². The van der Waals surface area contributed by atoms with Crippen LogP contribution in [0.4, 0.5) is 0 Å². The monoisotopic (exact) mass is 440 g/mol. The van der Waals surface area contributed by atoms with E-state index in [9.17, 15) is 0 Å². The topological polar surface area (TPSA) is 46.2 Å². The third kappa shape index (κ3) is 2.27. The summed E-state index contributed by atoms with van der Waals surface area (Å²) in [5, 5.41) is 0. The first-order chi connectivity index (χ1) is 11.7. The lowest BCUT2D eigenvalue weighted by molar-refractivity contribution is 0.138. The fourth-order valence-electron chi connectivity index (χ4n) is 3.34. The quantitative estimate of drug-likeness (QED) is 0.678. The van der Waals surface area contributed by atoms with Crippen LogP contribution in [0.3, 0.4) is 0 Å². The van der Waals surface area contributed by atoms with Crippen molar-refractivity contribution in [3.05, 3.63) is 39.0 Å². The number of halogens is 1. The van der Waals surface area contributed by atoms with Crippen molar-refractivity contribution in [3.8, 4) is 28.7 Å². The van der Waals surface area contributed by atoms with E-state index in [1.807, 2.05) is 18.2 Å². The average Bonchev–Trinajstić information content (AvgIpc) is 2.97. The van der Waals surface area contributed by atoms with Gasteiger partial charge in [-0.25, -0.2) is 0 Å². The summed E-state index contributed by atoms with van der Waals surface area (Å²) < 4.78 is 29.5. The molecular weight excluding hydrogens is 423 g/mol. The van der Waals surface area contributed by atoms with Gasteiger partial charge < -0.3 is 23.7 Å². The number of fused-ring (bicyclic) bond motifs is 5. The van der Waals surface area contributed by atoms with Crippen LogP contribution in [0.25, 0.3) is 0 Å². The van der Waals surface area contributed by atoms with Gasteiger partial charge in [0.1, 0.15) is 23.4 Å². The normalized spacial score (nSPS) is 20.2. The molecule has 0 bridgehead atoms. The molecule has 0 saturated heterocycles. The van der Waals surface area contributed by atoms with Crippen LogP contribution in [0.5, 0.6) is 28.7 Å². The Balaban J connectivity index is 1.79. The van der Waals surface area contributed by atoms with E-state index in [0.717, 1.165) is 31.9 Å². The van der Waals surface area contributed by atoms with Gasteiger partial charge >= 0.3 is 0 Å². The second kappa shape index (κ2) is 5.91. The second-order valence-corrected chi connectivity index (χ2v) is 6.89. The maximum Gasteiger partial charge on any atom is 0.164 e. The molecular formula is C18H17IO5. The minimum Gasteiger partial charge on any atom is -0.496 e. The third-order valence-electron chi connectivity index (χ3n) is 4.54. The SMILES string of the molecule is COc1cc2c(cc1I)C1COc3cc(OC)c(OC)cc3C1O2. The van der Waals surface area contributed by atoms with Gasteiger partial charge in [-0.3, -0.25) is 0 Å². The first kappa shape index (κ1) is 15.7. The Bertz CT molecular complexity index is 804. The molecule has 0 amide bonds. The van der Waals surface area contributed by atoms with Crippen LogP contribution in [0.2, 0.25) is 0 Å². The van der Waals surface area contributed by atoms with Gasteiger partial charge in [-0.15, -0.1) is 0 Å². The van der Waals surface area contributed by atoms with Crippen molar-refractivity contribution in [3.63, 3.8) is 0 Å². The Labute approximate surface area is 153 Å². The molecule has 0 radical (unpaired) electrons. The van der Waals surface area contributed by atoms with Gasteiger partial charge in [0.05, 0.1) is 37.4 Å². The molecule has 2 aliphatic heterocycles. The summed E-state index contributed by atoms with van der Waals surface area (Å²) in [7, 11) is 4.91. The zero-order valence-electron chi connectivity index (χ0n) is 13.6. The third-order valence-corrected chi connectivity index (χ3v) is 5.39. The lowest BCUT2D eigenvalue weighted by atomic mass is 9.89. The number of benzene rings is 2. The van der Waals surface area contributed by atoms with Crippen molar-refractivity contribution in [2.24, 2.45) is 0 Å². The van der Waals surface area contributed by atoms with Crippen molar-refractivity contribution in [2.45, 2.75) is 12.0 Å². The molecule has 2 heterocycles. The smallest absolute Gasteiger partial charge is 0.164 e. The molecule has 2 atom stereocenters. The molecule has 2 aromatic rings. The van der Waals surface area contributed by atoms with Crippen molar-refractivity contribution < 1.29 is 23.7 Å². The highest BCUT2D eigenvalue weighted by molar-refractivity contribution is 14.1. The molecule has 0 fully saturated rings. The van der Waals surface area contributed by atoms with Gasteiger partial charge in [-0.2, -0.15) is 0 Å². The second-order valence-electron chi connectivity index (χ2n) is 5.73. The average molecular weight is 440 g/mol. The van der Waals surface area contributed by atoms with E-state index in [0.29, 0.717) is 18.1 Å². The standard InChI is InChI=1S/C18H17IO5/c1-20-15-7-14-9(4-12(15)19)11-8-23-13-6-17(22-3)16(21-2)5-10(13)18(11)24-14/h4-7,11,18H,8H2,1-3H3. The predicted molar refractivity (Wildman–Crippen MR) is 96.9 cm³/mol. The van der Waals surface area contributed by atoms with Crippen LogP contribution in [-0.2, 0) is 0 Å². The molecule has 24 heavy (non-hydrogen) atoms. The molecule has 126 valence electrons. The Hall–Kier alpha value is -1.83. The highest BCUT2D eigenvalue weighted by Crippen LogP contribution is 2.54. The highest BCUT2D eigenvalue weighted by atomic mass is 127. The number of hydrogen-bond donors (Lipinski definition) is 0. The fraction of sp³-hybridized carbons (Fsp3) is 0.333. The van der Waals surface area contributed by atoms with Gasteiger partial charge in [-0.05, 0) is 34.7 Å². The zero-order valence-corrected chi connectivity index (χ0v) is 15.7. The molecule has 2 aliphatic rings. The Morgan fingerprint density at radius 1 is 0.875 bits per heavy atom.